The average Bonchev–Trinajstić information content (AvgIpc) is 2.66. The van der Waals surface area contributed by atoms with E-state index in [0.717, 1.165) is 24.2 Å². The molecule has 0 bridgehead atoms. The van der Waals surface area contributed by atoms with Gasteiger partial charge in [0.2, 0.25) is 0 Å². The fourth-order valence-corrected chi connectivity index (χ4v) is 3.69. The van der Waals surface area contributed by atoms with Gasteiger partial charge in [0, 0.05) is 37.9 Å². The molecule has 1 aliphatic rings. The van der Waals surface area contributed by atoms with Crippen molar-refractivity contribution in [1.82, 2.24) is 4.90 Å². The van der Waals surface area contributed by atoms with E-state index in [4.69, 9.17) is 22.4 Å². The number of piperazine rings is 1. The maximum atomic E-state index is 14.9. The number of hydrogen-bond donors (Lipinski definition) is 4. The largest absolute Gasteiger partial charge is 0.405 e. The number of anilines is 1. The molecule has 0 saturated carbocycles. The summed E-state index contributed by atoms with van der Waals surface area (Å²) in [5, 5.41) is 11.1. The van der Waals surface area contributed by atoms with Crippen molar-refractivity contribution in [2.45, 2.75) is 33.2 Å². The highest BCUT2D eigenvalue weighted by Gasteiger charge is 2.27. The molecular weight excluding hydrogens is 369 g/mol. The fraction of sp³-hybridized carbons (Fsp3) is 0.476. The molecule has 6 N–H and O–H groups in total. The second-order valence-corrected chi connectivity index (χ2v) is 7.92. The number of halogens is 1. The summed E-state index contributed by atoms with van der Waals surface area (Å²) < 4.78 is 14.9. The molecule has 0 amide bonds. The zero-order valence-electron chi connectivity index (χ0n) is 17.5. The maximum absolute atomic E-state index is 14.9. The molecule has 0 aromatic heterocycles. The smallest absolute Gasteiger partial charge is 0.178 e. The Bertz CT molecular complexity index is 800. The average molecular weight is 402 g/mol. The first kappa shape index (κ1) is 22.5. The van der Waals surface area contributed by atoms with Crippen LogP contribution in [0.1, 0.15) is 31.9 Å². The topological polar surface area (TPSA) is 119 Å². The Morgan fingerprint density at radius 2 is 2.10 bits per heavy atom. The van der Waals surface area contributed by atoms with E-state index in [1.165, 1.54) is 12.3 Å². The minimum Gasteiger partial charge on any atom is -0.405 e. The van der Waals surface area contributed by atoms with Gasteiger partial charge in [0.05, 0.1) is 11.3 Å². The second kappa shape index (κ2) is 10.2. The number of amidine groups is 1. The summed E-state index contributed by atoms with van der Waals surface area (Å²) in [7, 11) is 0. The molecule has 7 nitrogen and oxygen atoms in total. The summed E-state index contributed by atoms with van der Waals surface area (Å²) in [6.07, 6.45) is 5.70. The van der Waals surface area contributed by atoms with Crippen molar-refractivity contribution >= 4 is 11.5 Å². The Balaban J connectivity index is 2.28. The molecule has 1 fully saturated rings. The Hall–Kier alpha value is -2.74. The molecule has 1 unspecified atom stereocenters. The van der Waals surface area contributed by atoms with E-state index in [1.807, 2.05) is 6.07 Å². The number of benzene rings is 1. The van der Waals surface area contributed by atoms with Crippen LogP contribution < -0.4 is 16.4 Å². The predicted octanol–water partition coefficient (Wildman–Crippen LogP) is 3.21. The molecule has 1 aromatic rings. The van der Waals surface area contributed by atoms with E-state index < -0.39 is 5.82 Å². The fourth-order valence-electron chi connectivity index (χ4n) is 3.69. The van der Waals surface area contributed by atoms with Gasteiger partial charge < -0.3 is 16.4 Å². The van der Waals surface area contributed by atoms with Gasteiger partial charge in [-0.25, -0.2) is 9.92 Å². The quantitative estimate of drug-likeness (QED) is 0.243. The highest BCUT2D eigenvalue weighted by Crippen LogP contribution is 2.29. The molecule has 158 valence electrons. The first-order valence-electron chi connectivity index (χ1n) is 9.87. The van der Waals surface area contributed by atoms with Gasteiger partial charge >= 0.3 is 0 Å². The van der Waals surface area contributed by atoms with Gasteiger partial charge in [0.25, 0.3) is 0 Å². The van der Waals surface area contributed by atoms with Crippen LogP contribution in [-0.4, -0.2) is 43.0 Å². The van der Waals surface area contributed by atoms with Crippen LogP contribution in [0.25, 0.3) is 0 Å². The highest BCUT2D eigenvalue weighted by molar-refractivity contribution is 6.02. The van der Waals surface area contributed by atoms with Crippen molar-refractivity contribution in [2.75, 3.05) is 31.1 Å². The molecule has 29 heavy (non-hydrogen) atoms. The van der Waals surface area contributed by atoms with Crippen LogP contribution in [0.4, 0.5) is 10.1 Å². The third-order valence-corrected chi connectivity index (χ3v) is 5.03. The number of nitrogens with two attached hydrogens (primary N) is 2. The van der Waals surface area contributed by atoms with Gasteiger partial charge in [-0.15, -0.1) is 5.11 Å². The van der Waals surface area contributed by atoms with E-state index in [-0.39, 0.29) is 17.4 Å². The molecule has 1 heterocycles. The molecule has 1 saturated heterocycles. The third kappa shape index (κ3) is 5.87. The number of hydrogen-bond acceptors (Lipinski definition) is 6. The van der Waals surface area contributed by atoms with Crippen LogP contribution >= 0.6 is 0 Å². The molecule has 2 rings (SSSR count). The SMILES string of the molecule is CC(C)Cc1cc(F)c(C(=N)N=N)c(N2CCN(C/C(N)=C/C=C\N)C(C)C2)c1. The Morgan fingerprint density at radius 3 is 2.69 bits per heavy atom. The lowest BCUT2D eigenvalue weighted by molar-refractivity contribution is 0.205. The Labute approximate surface area is 172 Å². The molecule has 8 heteroatoms. The van der Waals surface area contributed by atoms with Crippen LogP contribution in [0.5, 0.6) is 0 Å². The lowest BCUT2D eigenvalue weighted by Gasteiger charge is -2.41. The van der Waals surface area contributed by atoms with Gasteiger partial charge in [0.15, 0.2) is 5.84 Å². The molecule has 1 aromatic carbocycles. The second-order valence-electron chi connectivity index (χ2n) is 7.92. The zero-order valence-corrected chi connectivity index (χ0v) is 17.5. The standard InChI is InChI=1S/C21H32FN7/c1-14(2)9-16-10-18(22)20(21(25)27-26)19(11-16)29-8-7-28(15(3)12-29)13-17(24)5-4-6-23/h4-6,10-11,14-15,25-26H,7-9,12-13,23-24H2,1-3H3/b6-4-,17-5-,25-21?,27-26?. The first-order chi connectivity index (χ1) is 13.8. The van der Waals surface area contributed by atoms with Crippen molar-refractivity contribution in [1.29, 1.82) is 10.9 Å². The van der Waals surface area contributed by atoms with E-state index in [1.54, 1.807) is 12.2 Å². The van der Waals surface area contributed by atoms with Crippen LogP contribution in [-0.2, 0) is 6.42 Å². The first-order valence-corrected chi connectivity index (χ1v) is 9.87. The normalized spacial score (nSPS) is 18.6. The minimum absolute atomic E-state index is 0.0978. The summed E-state index contributed by atoms with van der Waals surface area (Å²) in [4.78, 5) is 4.35. The molecule has 0 aliphatic carbocycles. The summed E-state index contributed by atoms with van der Waals surface area (Å²) >= 11 is 0. The van der Waals surface area contributed by atoms with Crippen molar-refractivity contribution < 1.29 is 4.39 Å². The lowest BCUT2D eigenvalue weighted by atomic mass is 9.98. The van der Waals surface area contributed by atoms with Crippen LogP contribution in [0, 0.1) is 22.7 Å². The van der Waals surface area contributed by atoms with Crippen LogP contribution in [0.2, 0.25) is 0 Å². The number of nitrogens with zero attached hydrogens (tertiary/aromatic N) is 3. The molecule has 1 atom stereocenters. The third-order valence-electron chi connectivity index (χ3n) is 5.03. The van der Waals surface area contributed by atoms with Gasteiger partial charge in [-0.05, 0) is 55.3 Å². The van der Waals surface area contributed by atoms with Crippen LogP contribution in [0.15, 0.2) is 41.3 Å². The number of nitrogens with one attached hydrogen (secondary N) is 2. The monoisotopic (exact) mass is 401 g/mol. The summed E-state index contributed by atoms with van der Waals surface area (Å²) in [5.74, 6) is -0.457. The predicted molar refractivity (Wildman–Crippen MR) is 116 cm³/mol. The van der Waals surface area contributed by atoms with Crippen molar-refractivity contribution in [2.24, 2.45) is 22.5 Å². The molecule has 0 radical (unpaired) electrons. The maximum Gasteiger partial charge on any atom is 0.178 e. The van der Waals surface area contributed by atoms with Gasteiger partial charge in [-0.3, -0.25) is 10.3 Å². The Kier molecular flexibility index (Phi) is 7.90. The van der Waals surface area contributed by atoms with Gasteiger partial charge in [0.1, 0.15) is 5.82 Å². The van der Waals surface area contributed by atoms with E-state index >= 15 is 0 Å². The van der Waals surface area contributed by atoms with E-state index in [2.05, 4.69) is 35.7 Å². The molecular formula is C21H32FN7. The van der Waals surface area contributed by atoms with Gasteiger partial charge in [-0.2, -0.15) is 0 Å². The Morgan fingerprint density at radius 1 is 1.38 bits per heavy atom. The van der Waals surface area contributed by atoms with Crippen LogP contribution in [0.3, 0.4) is 0 Å². The molecule has 1 aliphatic heterocycles. The highest BCUT2D eigenvalue weighted by atomic mass is 19.1. The summed E-state index contributed by atoms with van der Waals surface area (Å²) in [5.41, 5.74) is 21.0. The summed E-state index contributed by atoms with van der Waals surface area (Å²) in [6, 6.07) is 3.60. The van der Waals surface area contributed by atoms with Crippen molar-refractivity contribution in [3.05, 3.63) is 53.1 Å². The van der Waals surface area contributed by atoms with E-state index in [9.17, 15) is 4.39 Å². The summed E-state index contributed by atoms with van der Waals surface area (Å²) in [6.45, 7) is 9.01. The number of allylic oxidation sites excluding steroid dienone is 2. The van der Waals surface area contributed by atoms with Gasteiger partial charge in [-0.1, -0.05) is 13.8 Å². The van der Waals surface area contributed by atoms with Crippen molar-refractivity contribution in [3.63, 3.8) is 0 Å². The van der Waals surface area contributed by atoms with E-state index in [0.29, 0.717) is 31.2 Å². The zero-order chi connectivity index (χ0) is 21.6. The number of rotatable bonds is 7. The molecule has 0 spiro atoms. The van der Waals surface area contributed by atoms with Crippen molar-refractivity contribution in [3.8, 4) is 0 Å². The lowest BCUT2D eigenvalue weighted by Crippen LogP contribution is -2.53. The minimum atomic E-state index is -0.491.